The zero-order valence-corrected chi connectivity index (χ0v) is 11.4. The molecule has 18 heavy (non-hydrogen) atoms. The number of Topliss-reactive ketones (excluding diaryl/α,β-unsaturated/α-hetero) is 1. The fourth-order valence-corrected chi connectivity index (χ4v) is 3.99. The molecule has 3 rings (SSSR count). The smallest absolute Gasteiger partial charge is 0.238 e. The summed E-state index contributed by atoms with van der Waals surface area (Å²) in [7, 11) is 0. The molecule has 0 aromatic carbocycles. The maximum Gasteiger partial charge on any atom is 0.238 e. The Kier molecular flexibility index (Phi) is 3.41. The predicted molar refractivity (Wildman–Crippen MR) is 69.7 cm³/mol. The Balaban J connectivity index is 1.74. The van der Waals surface area contributed by atoms with Crippen molar-refractivity contribution in [2.24, 2.45) is 5.92 Å². The summed E-state index contributed by atoms with van der Waals surface area (Å²) >= 11 is 1.65. The van der Waals surface area contributed by atoms with Crippen LogP contribution in [0.3, 0.4) is 0 Å². The maximum absolute atomic E-state index is 11.7. The molecule has 1 saturated heterocycles. The highest BCUT2D eigenvalue weighted by Crippen LogP contribution is 2.36. The molecule has 0 N–H and O–H groups in total. The molecule has 98 valence electrons. The van der Waals surface area contributed by atoms with Crippen molar-refractivity contribution in [3.05, 3.63) is 11.7 Å². The maximum atomic E-state index is 11.7. The van der Waals surface area contributed by atoms with Gasteiger partial charge in [-0.05, 0) is 18.8 Å². The van der Waals surface area contributed by atoms with Gasteiger partial charge in [0.2, 0.25) is 5.89 Å². The molecule has 2 fully saturated rings. The molecule has 0 amide bonds. The van der Waals surface area contributed by atoms with Crippen LogP contribution >= 0.6 is 11.8 Å². The average molecular weight is 266 g/mol. The van der Waals surface area contributed by atoms with Gasteiger partial charge in [-0.25, -0.2) is 0 Å². The summed E-state index contributed by atoms with van der Waals surface area (Å²) in [5.41, 5.74) is 0. The second kappa shape index (κ2) is 5.03. The molecular formula is C13H18N2O2S. The van der Waals surface area contributed by atoms with E-state index in [2.05, 4.69) is 17.1 Å². The van der Waals surface area contributed by atoms with E-state index in [9.17, 15) is 4.79 Å². The zero-order chi connectivity index (χ0) is 12.5. The lowest BCUT2D eigenvalue weighted by Gasteiger charge is -2.23. The molecule has 1 aromatic rings. The van der Waals surface area contributed by atoms with Crippen LogP contribution in [0, 0.1) is 5.92 Å². The quantitative estimate of drug-likeness (QED) is 0.823. The molecule has 3 unspecified atom stereocenters. The Bertz CT molecular complexity index is 446. The lowest BCUT2D eigenvalue weighted by atomic mass is 9.82. The molecule has 2 heterocycles. The number of hydrogen-bond acceptors (Lipinski definition) is 5. The normalized spacial score (nSPS) is 32.9. The number of carbonyl (C=O) groups excluding carboxylic acids is 1. The number of carbonyl (C=O) groups is 1. The third-order valence-corrected chi connectivity index (χ3v) is 5.03. The van der Waals surface area contributed by atoms with E-state index >= 15 is 0 Å². The highest BCUT2D eigenvalue weighted by Gasteiger charge is 2.33. The van der Waals surface area contributed by atoms with Crippen molar-refractivity contribution in [1.29, 1.82) is 0 Å². The van der Waals surface area contributed by atoms with Gasteiger partial charge in [-0.15, -0.1) is 0 Å². The van der Waals surface area contributed by atoms with Crippen LogP contribution in [0.5, 0.6) is 0 Å². The van der Waals surface area contributed by atoms with Crippen LogP contribution in [-0.4, -0.2) is 27.4 Å². The topological polar surface area (TPSA) is 56.0 Å². The van der Waals surface area contributed by atoms with E-state index in [1.807, 2.05) is 0 Å². The standard InChI is InChI=1S/C13H18N2O2S/c1-8-3-2-4-9(5-8)12-14-13(17-15-12)10-6-18-7-11(10)16/h8-10H,2-7H2,1H3. The Morgan fingerprint density at radius 1 is 1.39 bits per heavy atom. The number of aromatic nitrogens is 2. The minimum Gasteiger partial charge on any atom is -0.339 e. The summed E-state index contributed by atoms with van der Waals surface area (Å²) in [6.07, 6.45) is 4.84. The SMILES string of the molecule is CC1CCCC(c2noc(C3CSCC3=O)n2)C1. The summed E-state index contributed by atoms with van der Waals surface area (Å²) in [6.45, 7) is 2.28. The van der Waals surface area contributed by atoms with Crippen LogP contribution in [0.25, 0.3) is 0 Å². The summed E-state index contributed by atoms with van der Waals surface area (Å²) in [4.78, 5) is 16.2. The molecule has 2 aliphatic rings. The number of hydrogen-bond donors (Lipinski definition) is 0. The molecular weight excluding hydrogens is 248 g/mol. The third-order valence-electron chi connectivity index (χ3n) is 3.97. The largest absolute Gasteiger partial charge is 0.339 e. The van der Waals surface area contributed by atoms with E-state index in [0.29, 0.717) is 17.6 Å². The van der Waals surface area contributed by atoms with Crippen LogP contribution in [0.15, 0.2) is 4.52 Å². The van der Waals surface area contributed by atoms with Crippen molar-refractivity contribution in [1.82, 2.24) is 10.1 Å². The van der Waals surface area contributed by atoms with E-state index in [1.54, 1.807) is 11.8 Å². The van der Waals surface area contributed by atoms with Gasteiger partial charge in [-0.2, -0.15) is 16.7 Å². The highest BCUT2D eigenvalue weighted by molar-refractivity contribution is 8.00. The van der Waals surface area contributed by atoms with Crippen molar-refractivity contribution >= 4 is 17.5 Å². The van der Waals surface area contributed by atoms with Gasteiger partial charge in [0, 0.05) is 11.7 Å². The summed E-state index contributed by atoms with van der Waals surface area (Å²) in [5, 5.41) is 4.11. The second-order valence-corrected chi connectivity index (χ2v) is 6.52. The Morgan fingerprint density at radius 3 is 3.00 bits per heavy atom. The van der Waals surface area contributed by atoms with Gasteiger partial charge in [0.15, 0.2) is 11.6 Å². The van der Waals surface area contributed by atoms with Gasteiger partial charge in [0.25, 0.3) is 0 Å². The number of ketones is 1. The van der Waals surface area contributed by atoms with Gasteiger partial charge in [0.05, 0.1) is 5.75 Å². The van der Waals surface area contributed by atoms with E-state index < -0.39 is 0 Å². The van der Waals surface area contributed by atoms with Gasteiger partial charge >= 0.3 is 0 Å². The molecule has 0 radical (unpaired) electrons. The lowest BCUT2D eigenvalue weighted by molar-refractivity contribution is -0.117. The number of rotatable bonds is 2. The Morgan fingerprint density at radius 2 is 2.28 bits per heavy atom. The Labute approximate surface area is 111 Å². The van der Waals surface area contributed by atoms with Crippen LogP contribution in [-0.2, 0) is 4.79 Å². The van der Waals surface area contributed by atoms with E-state index in [4.69, 9.17) is 4.52 Å². The van der Waals surface area contributed by atoms with Crippen molar-refractivity contribution in [3.63, 3.8) is 0 Å². The molecule has 1 aliphatic carbocycles. The fourth-order valence-electron chi connectivity index (χ4n) is 2.90. The molecule has 1 aliphatic heterocycles. The molecule has 0 spiro atoms. The van der Waals surface area contributed by atoms with Crippen LogP contribution in [0.1, 0.15) is 56.2 Å². The minimum absolute atomic E-state index is 0.155. The third kappa shape index (κ3) is 2.32. The van der Waals surface area contributed by atoms with Gasteiger partial charge in [-0.1, -0.05) is 24.9 Å². The van der Waals surface area contributed by atoms with E-state index in [1.165, 1.54) is 12.8 Å². The monoisotopic (exact) mass is 266 g/mol. The van der Waals surface area contributed by atoms with Crippen molar-refractivity contribution in [2.45, 2.75) is 44.4 Å². The molecule has 4 nitrogen and oxygen atoms in total. The number of nitrogens with zero attached hydrogens (tertiary/aromatic N) is 2. The highest BCUT2D eigenvalue weighted by atomic mass is 32.2. The van der Waals surface area contributed by atoms with Crippen LogP contribution < -0.4 is 0 Å². The summed E-state index contributed by atoms with van der Waals surface area (Å²) < 4.78 is 5.31. The van der Waals surface area contributed by atoms with Crippen molar-refractivity contribution in [3.8, 4) is 0 Å². The minimum atomic E-state index is -0.155. The predicted octanol–water partition coefficient (Wildman–Crippen LogP) is 2.76. The summed E-state index contributed by atoms with van der Waals surface area (Å²) in [6, 6.07) is 0. The van der Waals surface area contributed by atoms with Gasteiger partial charge < -0.3 is 4.52 Å². The fraction of sp³-hybridized carbons (Fsp3) is 0.769. The van der Waals surface area contributed by atoms with Gasteiger partial charge in [-0.3, -0.25) is 4.79 Å². The molecule has 3 atom stereocenters. The van der Waals surface area contributed by atoms with E-state index in [-0.39, 0.29) is 11.7 Å². The van der Waals surface area contributed by atoms with Crippen molar-refractivity contribution in [2.75, 3.05) is 11.5 Å². The second-order valence-electron chi connectivity index (χ2n) is 5.49. The van der Waals surface area contributed by atoms with E-state index in [0.717, 1.165) is 30.3 Å². The first-order valence-electron chi connectivity index (χ1n) is 6.68. The molecule has 0 bridgehead atoms. The summed E-state index contributed by atoms with van der Waals surface area (Å²) in [5.74, 6) is 3.98. The first kappa shape index (κ1) is 12.2. The average Bonchev–Trinajstić information content (AvgIpc) is 2.97. The Hall–Kier alpha value is -0.840. The van der Waals surface area contributed by atoms with Crippen LogP contribution in [0.4, 0.5) is 0 Å². The zero-order valence-electron chi connectivity index (χ0n) is 10.6. The van der Waals surface area contributed by atoms with Gasteiger partial charge in [0.1, 0.15) is 5.92 Å². The van der Waals surface area contributed by atoms with Crippen LogP contribution in [0.2, 0.25) is 0 Å². The molecule has 5 heteroatoms. The molecule has 1 saturated carbocycles. The first-order chi connectivity index (χ1) is 8.74. The lowest BCUT2D eigenvalue weighted by Crippen LogP contribution is -2.13. The van der Waals surface area contributed by atoms with Crippen molar-refractivity contribution < 1.29 is 9.32 Å². The number of thioether (sulfide) groups is 1. The first-order valence-corrected chi connectivity index (χ1v) is 7.83. The molecule has 1 aromatic heterocycles.